The molecule has 19 heavy (non-hydrogen) atoms. The summed E-state index contributed by atoms with van der Waals surface area (Å²) < 4.78 is 6.16. The molecule has 0 saturated carbocycles. The Kier molecular flexibility index (Phi) is 4.67. The van der Waals surface area contributed by atoms with Gasteiger partial charge in [0.15, 0.2) is 0 Å². The van der Waals surface area contributed by atoms with Crippen LogP contribution < -0.4 is 10.1 Å². The Hall–Kier alpha value is -0.670. The zero-order valence-electron chi connectivity index (χ0n) is 11.4. The van der Waals surface area contributed by atoms with Gasteiger partial charge in [-0.3, -0.25) is 0 Å². The average molecular weight is 277 g/mol. The van der Waals surface area contributed by atoms with Gasteiger partial charge in [-0.25, -0.2) is 0 Å². The number of rotatable bonds is 3. The Bertz CT molecular complexity index is 397. The topological polar surface area (TPSA) is 21.3 Å². The zero-order valence-corrected chi connectivity index (χ0v) is 12.3. The molecule has 0 amide bonds. The molecular weight excluding hydrogens is 254 g/mol. The summed E-state index contributed by atoms with van der Waals surface area (Å²) in [4.78, 5) is 0. The van der Waals surface area contributed by atoms with Gasteiger partial charge < -0.3 is 10.1 Å². The summed E-state index contributed by atoms with van der Waals surface area (Å²) >= 11 is 2.05. The molecule has 3 rings (SSSR count). The maximum Gasteiger partial charge on any atom is 0.120 e. The van der Waals surface area contributed by atoms with E-state index in [1.807, 2.05) is 11.8 Å². The van der Waals surface area contributed by atoms with E-state index in [4.69, 9.17) is 4.74 Å². The molecule has 1 aromatic rings. The Labute approximate surface area is 120 Å². The first-order valence-corrected chi connectivity index (χ1v) is 8.62. The third-order valence-corrected chi connectivity index (χ3v) is 5.19. The molecule has 104 valence electrons. The molecule has 0 aromatic heterocycles. The number of thioether (sulfide) groups is 1. The van der Waals surface area contributed by atoms with Gasteiger partial charge in [0.05, 0.1) is 0 Å². The van der Waals surface area contributed by atoms with Gasteiger partial charge >= 0.3 is 0 Å². The van der Waals surface area contributed by atoms with Crippen molar-refractivity contribution in [1.29, 1.82) is 0 Å². The van der Waals surface area contributed by atoms with Crippen LogP contribution in [0.1, 0.15) is 37.2 Å². The summed E-state index contributed by atoms with van der Waals surface area (Å²) in [6, 6.07) is 8.81. The van der Waals surface area contributed by atoms with Crippen molar-refractivity contribution in [3.63, 3.8) is 0 Å². The molecule has 2 aliphatic heterocycles. The van der Waals surface area contributed by atoms with Gasteiger partial charge in [0.25, 0.3) is 0 Å². The predicted molar refractivity (Wildman–Crippen MR) is 82.3 cm³/mol. The van der Waals surface area contributed by atoms with E-state index in [0.29, 0.717) is 12.0 Å². The molecular formula is C16H23NOS. The largest absolute Gasteiger partial charge is 0.490 e. The third kappa shape index (κ3) is 3.67. The summed E-state index contributed by atoms with van der Waals surface area (Å²) in [5, 5.41) is 3.43. The van der Waals surface area contributed by atoms with Crippen molar-refractivity contribution < 1.29 is 4.74 Å². The second kappa shape index (κ2) is 6.67. The predicted octanol–water partition coefficient (Wildman–Crippen LogP) is 3.43. The fraction of sp³-hybridized carbons (Fsp3) is 0.625. The lowest BCUT2D eigenvalue weighted by molar-refractivity contribution is 0.192. The lowest BCUT2D eigenvalue weighted by Gasteiger charge is -2.25. The van der Waals surface area contributed by atoms with Crippen molar-refractivity contribution in [2.75, 3.05) is 24.6 Å². The van der Waals surface area contributed by atoms with Crippen molar-refractivity contribution in [2.24, 2.45) is 0 Å². The summed E-state index contributed by atoms with van der Waals surface area (Å²) in [6.07, 6.45) is 5.34. The molecule has 2 nitrogen and oxygen atoms in total. The van der Waals surface area contributed by atoms with E-state index in [1.54, 1.807) is 0 Å². The van der Waals surface area contributed by atoms with Crippen LogP contribution in [-0.2, 0) is 0 Å². The molecule has 2 fully saturated rings. The van der Waals surface area contributed by atoms with Crippen LogP contribution in [0.15, 0.2) is 24.3 Å². The average Bonchev–Trinajstić information content (AvgIpc) is 2.49. The SMILES string of the molecule is c1cc(OC2CCSCC2)cc(C2CCNCC2)c1. The number of hydrogen-bond donors (Lipinski definition) is 1. The van der Waals surface area contributed by atoms with Gasteiger partial charge in [-0.15, -0.1) is 0 Å². The number of ether oxygens (including phenoxy) is 1. The highest BCUT2D eigenvalue weighted by Gasteiger charge is 2.18. The molecule has 0 radical (unpaired) electrons. The van der Waals surface area contributed by atoms with Gasteiger partial charge in [0.2, 0.25) is 0 Å². The van der Waals surface area contributed by atoms with Crippen LogP contribution in [0.2, 0.25) is 0 Å². The molecule has 0 atom stereocenters. The molecule has 0 bridgehead atoms. The van der Waals surface area contributed by atoms with Crippen LogP contribution >= 0.6 is 11.8 Å². The Morgan fingerprint density at radius 2 is 1.84 bits per heavy atom. The summed E-state index contributed by atoms with van der Waals surface area (Å²) in [6.45, 7) is 2.30. The van der Waals surface area contributed by atoms with E-state index in [1.165, 1.54) is 42.8 Å². The van der Waals surface area contributed by atoms with Gasteiger partial charge in [-0.1, -0.05) is 12.1 Å². The quantitative estimate of drug-likeness (QED) is 0.914. The van der Waals surface area contributed by atoms with Crippen LogP contribution in [0.3, 0.4) is 0 Å². The molecule has 0 spiro atoms. The molecule has 1 N–H and O–H groups in total. The van der Waals surface area contributed by atoms with Crippen LogP contribution in [0.25, 0.3) is 0 Å². The van der Waals surface area contributed by atoms with E-state index >= 15 is 0 Å². The van der Waals surface area contributed by atoms with E-state index in [2.05, 4.69) is 29.6 Å². The van der Waals surface area contributed by atoms with Crippen LogP contribution in [0.5, 0.6) is 5.75 Å². The standard InChI is InChI=1S/C16H23NOS/c1-2-14(13-4-8-17-9-5-13)12-16(3-1)18-15-6-10-19-11-7-15/h1-3,12-13,15,17H,4-11H2. The monoisotopic (exact) mass is 277 g/mol. The Balaban J connectivity index is 1.64. The highest BCUT2D eigenvalue weighted by atomic mass is 32.2. The molecule has 0 unspecified atom stereocenters. The lowest BCUT2D eigenvalue weighted by atomic mass is 9.90. The fourth-order valence-corrected chi connectivity index (χ4v) is 4.05. The van der Waals surface area contributed by atoms with Crippen LogP contribution in [0.4, 0.5) is 0 Å². The number of benzene rings is 1. The molecule has 2 saturated heterocycles. The maximum atomic E-state index is 6.16. The number of piperidine rings is 1. The molecule has 0 aliphatic carbocycles. The first kappa shape index (κ1) is 13.3. The summed E-state index contributed by atoms with van der Waals surface area (Å²) in [7, 11) is 0. The van der Waals surface area contributed by atoms with Gasteiger partial charge in [0, 0.05) is 0 Å². The Morgan fingerprint density at radius 3 is 2.63 bits per heavy atom. The summed E-state index contributed by atoms with van der Waals surface area (Å²) in [5.74, 6) is 4.29. The third-order valence-electron chi connectivity index (χ3n) is 4.14. The second-order valence-electron chi connectivity index (χ2n) is 5.53. The first-order chi connectivity index (χ1) is 9.42. The van der Waals surface area contributed by atoms with Crippen molar-refractivity contribution >= 4 is 11.8 Å². The minimum atomic E-state index is 0.435. The van der Waals surface area contributed by atoms with Crippen molar-refractivity contribution in [2.45, 2.75) is 37.7 Å². The maximum absolute atomic E-state index is 6.16. The molecule has 3 heteroatoms. The molecule has 1 aromatic carbocycles. The molecule has 2 aliphatic rings. The Morgan fingerprint density at radius 1 is 1.05 bits per heavy atom. The van der Waals surface area contributed by atoms with E-state index in [-0.39, 0.29) is 0 Å². The minimum Gasteiger partial charge on any atom is -0.490 e. The van der Waals surface area contributed by atoms with E-state index in [0.717, 1.165) is 18.8 Å². The number of hydrogen-bond acceptors (Lipinski definition) is 3. The highest BCUT2D eigenvalue weighted by molar-refractivity contribution is 7.99. The molecule has 2 heterocycles. The van der Waals surface area contributed by atoms with Crippen LogP contribution in [-0.4, -0.2) is 30.7 Å². The van der Waals surface area contributed by atoms with Crippen molar-refractivity contribution in [3.8, 4) is 5.75 Å². The van der Waals surface area contributed by atoms with Gasteiger partial charge in [-0.05, 0) is 73.9 Å². The second-order valence-corrected chi connectivity index (χ2v) is 6.75. The number of nitrogens with one attached hydrogen (secondary N) is 1. The normalized spacial score (nSPS) is 22.3. The highest BCUT2D eigenvalue weighted by Crippen LogP contribution is 2.29. The smallest absolute Gasteiger partial charge is 0.120 e. The van der Waals surface area contributed by atoms with E-state index in [9.17, 15) is 0 Å². The van der Waals surface area contributed by atoms with Gasteiger partial charge in [-0.2, -0.15) is 11.8 Å². The summed E-state index contributed by atoms with van der Waals surface area (Å²) in [5.41, 5.74) is 1.46. The lowest BCUT2D eigenvalue weighted by Crippen LogP contribution is -2.26. The first-order valence-electron chi connectivity index (χ1n) is 7.47. The zero-order chi connectivity index (χ0) is 12.9. The van der Waals surface area contributed by atoms with Crippen LogP contribution in [0, 0.1) is 0 Å². The fourth-order valence-electron chi connectivity index (χ4n) is 2.98. The van der Waals surface area contributed by atoms with Crippen molar-refractivity contribution in [1.82, 2.24) is 5.32 Å². The van der Waals surface area contributed by atoms with E-state index < -0.39 is 0 Å². The van der Waals surface area contributed by atoms with Crippen molar-refractivity contribution in [3.05, 3.63) is 29.8 Å². The van der Waals surface area contributed by atoms with Gasteiger partial charge in [0.1, 0.15) is 11.9 Å². The minimum absolute atomic E-state index is 0.435.